The molecule has 0 aliphatic carbocycles. The second-order valence-corrected chi connectivity index (χ2v) is 6.23. The van der Waals surface area contributed by atoms with Crippen molar-refractivity contribution < 1.29 is 14.3 Å². The van der Waals surface area contributed by atoms with E-state index in [-0.39, 0.29) is 5.97 Å². The minimum absolute atomic E-state index is 0.317. The van der Waals surface area contributed by atoms with Crippen LogP contribution in [0, 0.1) is 0 Å². The number of carbonyl (C=O) groups is 1. The molecule has 2 aromatic rings. The van der Waals surface area contributed by atoms with Gasteiger partial charge < -0.3 is 14.8 Å². The number of aromatic nitrogens is 1. The Morgan fingerprint density at radius 1 is 1.48 bits per heavy atom. The van der Waals surface area contributed by atoms with Crippen LogP contribution in [0.15, 0.2) is 41.1 Å². The fourth-order valence-electron chi connectivity index (χ4n) is 2.71. The smallest absolute Gasteiger partial charge is 0.340 e. The first-order valence-electron chi connectivity index (χ1n) is 7.37. The molecule has 6 heteroatoms. The van der Waals surface area contributed by atoms with E-state index in [0.29, 0.717) is 30.3 Å². The summed E-state index contributed by atoms with van der Waals surface area (Å²) in [6, 6.07) is 7.74. The summed E-state index contributed by atoms with van der Waals surface area (Å²) in [6.45, 7) is 1.39. The highest BCUT2D eigenvalue weighted by Gasteiger charge is 2.22. The van der Waals surface area contributed by atoms with E-state index in [9.17, 15) is 4.79 Å². The van der Waals surface area contributed by atoms with Crippen LogP contribution in [0.2, 0.25) is 0 Å². The van der Waals surface area contributed by atoms with Crippen molar-refractivity contribution in [2.45, 2.75) is 12.3 Å². The Hall–Kier alpha value is -2.08. The van der Waals surface area contributed by atoms with Gasteiger partial charge in [0.05, 0.1) is 31.2 Å². The maximum Gasteiger partial charge on any atom is 0.340 e. The fourth-order valence-corrected chi connectivity index (χ4v) is 3.05. The zero-order chi connectivity index (χ0) is 16.2. The van der Waals surface area contributed by atoms with Crippen molar-refractivity contribution >= 4 is 27.6 Å². The SMILES string of the molecule is COC(=O)c1ccncc1NCC1CCOc2cc(Br)ccc21. The number of halogens is 1. The van der Waals surface area contributed by atoms with E-state index in [1.54, 1.807) is 18.5 Å². The van der Waals surface area contributed by atoms with E-state index in [1.807, 2.05) is 12.1 Å². The summed E-state index contributed by atoms with van der Waals surface area (Å²) >= 11 is 3.46. The Bertz CT molecular complexity index is 721. The standard InChI is InChI=1S/C17H17BrN2O3/c1-22-17(21)14-4-6-19-10-15(14)20-9-11-5-7-23-16-8-12(18)2-3-13(11)16/h2-4,6,8,10-11,20H,5,7,9H2,1H3. The van der Waals surface area contributed by atoms with E-state index in [2.05, 4.69) is 32.3 Å². The molecule has 1 unspecified atom stereocenters. The molecule has 3 rings (SSSR count). The molecule has 1 atom stereocenters. The summed E-state index contributed by atoms with van der Waals surface area (Å²) in [5, 5.41) is 3.32. The van der Waals surface area contributed by atoms with Crippen LogP contribution in [0.1, 0.15) is 28.3 Å². The quantitative estimate of drug-likeness (QED) is 0.825. The van der Waals surface area contributed by atoms with E-state index in [1.165, 1.54) is 12.7 Å². The maximum absolute atomic E-state index is 11.8. The minimum atomic E-state index is -0.369. The molecule has 1 aromatic heterocycles. The molecule has 0 amide bonds. The normalized spacial score (nSPS) is 16.2. The van der Waals surface area contributed by atoms with Crippen LogP contribution in [0.5, 0.6) is 5.75 Å². The largest absolute Gasteiger partial charge is 0.493 e. The first kappa shape index (κ1) is 15.8. The van der Waals surface area contributed by atoms with Crippen molar-refractivity contribution in [3.8, 4) is 5.75 Å². The van der Waals surface area contributed by atoms with E-state index >= 15 is 0 Å². The Labute approximate surface area is 143 Å². The zero-order valence-corrected chi connectivity index (χ0v) is 14.3. The average molecular weight is 377 g/mol. The Morgan fingerprint density at radius 2 is 2.35 bits per heavy atom. The molecule has 1 aromatic carbocycles. The first-order chi connectivity index (χ1) is 11.2. The zero-order valence-electron chi connectivity index (χ0n) is 12.7. The summed E-state index contributed by atoms with van der Waals surface area (Å²) in [5.41, 5.74) is 2.35. The summed E-state index contributed by atoms with van der Waals surface area (Å²) in [6.07, 6.45) is 4.15. The number of fused-ring (bicyclic) bond motifs is 1. The van der Waals surface area contributed by atoms with Gasteiger partial charge in [-0.25, -0.2) is 4.79 Å². The Kier molecular flexibility index (Phi) is 4.81. The third-order valence-corrected chi connectivity index (χ3v) is 4.40. The lowest BCUT2D eigenvalue weighted by atomic mass is 9.93. The molecule has 5 nitrogen and oxygen atoms in total. The predicted octanol–water partition coefficient (Wildman–Crippen LogP) is 3.61. The van der Waals surface area contributed by atoms with Gasteiger partial charge in [0.1, 0.15) is 5.75 Å². The molecule has 0 spiro atoms. The van der Waals surface area contributed by atoms with Crippen molar-refractivity contribution in [3.05, 3.63) is 52.3 Å². The van der Waals surface area contributed by atoms with Gasteiger partial charge in [-0.2, -0.15) is 0 Å². The van der Waals surface area contributed by atoms with E-state index in [0.717, 1.165) is 16.6 Å². The first-order valence-corrected chi connectivity index (χ1v) is 8.17. The minimum Gasteiger partial charge on any atom is -0.493 e. The molecular weight excluding hydrogens is 360 g/mol. The van der Waals surface area contributed by atoms with Crippen LogP contribution >= 0.6 is 15.9 Å². The van der Waals surface area contributed by atoms with E-state index in [4.69, 9.17) is 9.47 Å². The van der Waals surface area contributed by atoms with Crippen molar-refractivity contribution in [1.29, 1.82) is 0 Å². The number of carbonyl (C=O) groups excluding carboxylic acids is 1. The molecule has 0 fully saturated rings. The van der Waals surface area contributed by atoms with E-state index < -0.39 is 0 Å². The van der Waals surface area contributed by atoms with Crippen LogP contribution in [-0.4, -0.2) is 31.2 Å². The monoisotopic (exact) mass is 376 g/mol. The third kappa shape index (κ3) is 3.47. The van der Waals surface area contributed by atoms with Gasteiger partial charge in [-0.15, -0.1) is 0 Å². The lowest BCUT2D eigenvalue weighted by Gasteiger charge is -2.26. The summed E-state index contributed by atoms with van der Waals surface area (Å²) in [4.78, 5) is 15.9. The van der Waals surface area contributed by atoms with Gasteiger partial charge in [0, 0.05) is 23.1 Å². The van der Waals surface area contributed by atoms with Gasteiger partial charge in [0.25, 0.3) is 0 Å². The average Bonchev–Trinajstić information content (AvgIpc) is 2.59. The molecule has 1 aliphatic heterocycles. The number of ether oxygens (including phenoxy) is 2. The number of hydrogen-bond acceptors (Lipinski definition) is 5. The van der Waals surface area contributed by atoms with Crippen LogP contribution in [0.25, 0.3) is 0 Å². The molecule has 0 bridgehead atoms. The molecule has 23 heavy (non-hydrogen) atoms. The molecule has 2 heterocycles. The molecule has 0 radical (unpaired) electrons. The number of rotatable bonds is 4. The van der Waals surface area contributed by atoms with Crippen LogP contribution in [0.4, 0.5) is 5.69 Å². The number of anilines is 1. The molecule has 1 aliphatic rings. The lowest BCUT2D eigenvalue weighted by Crippen LogP contribution is -2.21. The highest BCUT2D eigenvalue weighted by atomic mass is 79.9. The number of nitrogens with zero attached hydrogens (tertiary/aromatic N) is 1. The highest BCUT2D eigenvalue weighted by molar-refractivity contribution is 9.10. The maximum atomic E-state index is 11.8. The number of esters is 1. The van der Waals surface area contributed by atoms with Gasteiger partial charge in [-0.3, -0.25) is 4.98 Å². The Balaban J connectivity index is 1.77. The van der Waals surface area contributed by atoms with Crippen molar-refractivity contribution in [1.82, 2.24) is 4.98 Å². The van der Waals surface area contributed by atoms with Gasteiger partial charge in [-0.1, -0.05) is 22.0 Å². The molecular formula is C17H17BrN2O3. The topological polar surface area (TPSA) is 60.5 Å². The number of benzene rings is 1. The lowest BCUT2D eigenvalue weighted by molar-refractivity contribution is 0.0601. The molecule has 0 saturated heterocycles. The van der Waals surface area contributed by atoms with Gasteiger partial charge in [0.2, 0.25) is 0 Å². The second kappa shape index (κ2) is 7.00. The van der Waals surface area contributed by atoms with Gasteiger partial charge in [-0.05, 0) is 30.2 Å². The number of pyridine rings is 1. The van der Waals surface area contributed by atoms with Crippen LogP contribution < -0.4 is 10.1 Å². The second-order valence-electron chi connectivity index (χ2n) is 5.31. The van der Waals surface area contributed by atoms with Gasteiger partial charge >= 0.3 is 5.97 Å². The fraction of sp³-hybridized carbons (Fsp3) is 0.294. The van der Waals surface area contributed by atoms with Crippen LogP contribution in [0.3, 0.4) is 0 Å². The molecule has 0 saturated carbocycles. The number of nitrogens with one attached hydrogen (secondary N) is 1. The summed E-state index contributed by atoms with van der Waals surface area (Å²) < 4.78 is 11.5. The molecule has 1 N–H and O–H groups in total. The van der Waals surface area contributed by atoms with Crippen LogP contribution in [-0.2, 0) is 4.74 Å². The number of hydrogen-bond donors (Lipinski definition) is 1. The third-order valence-electron chi connectivity index (χ3n) is 3.90. The summed E-state index contributed by atoms with van der Waals surface area (Å²) in [5.74, 6) is 0.862. The summed E-state index contributed by atoms with van der Waals surface area (Å²) in [7, 11) is 1.37. The predicted molar refractivity (Wildman–Crippen MR) is 91.1 cm³/mol. The molecule has 120 valence electrons. The van der Waals surface area contributed by atoms with Crippen molar-refractivity contribution in [3.63, 3.8) is 0 Å². The Morgan fingerprint density at radius 3 is 3.17 bits per heavy atom. The highest BCUT2D eigenvalue weighted by Crippen LogP contribution is 2.35. The van der Waals surface area contributed by atoms with Gasteiger partial charge in [0.15, 0.2) is 0 Å². The number of methoxy groups -OCH3 is 1. The van der Waals surface area contributed by atoms with Crippen molar-refractivity contribution in [2.24, 2.45) is 0 Å². The van der Waals surface area contributed by atoms with Crippen molar-refractivity contribution in [2.75, 3.05) is 25.6 Å².